The molecule has 0 fully saturated rings. The van der Waals surface area contributed by atoms with E-state index in [9.17, 15) is 9.18 Å². The van der Waals surface area contributed by atoms with Crippen LogP contribution in [0.5, 0.6) is 0 Å². The highest BCUT2D eigenvalue weighted by Crippen LogP contribution is 2.35. The predicted octanol–water partition coefficient (Wildman–Crippen LogP) is 3.10. The highest BCUT2D eigenvalue weighted by Gasteiger charge is 2.30. The maximum atomic E-state index is 13.8. The summed E-state index contributed by atoms with van der Waals surface area (Å²) in [4.78, 5) is 16.7. The molecule has 5 rings (SSSR count). The molecule has 1 amide bonds. The zero-order valence-corrected chi connectivity index (χ0v) is 14.6. The van der Waals surface area contributed by atoms with E-state index in [2.05, 4.69) is 10.3 Å². The van der Waals surface area contributed by atoms with Gasteiger partial charge in [-0.15, -0.1) is 0 Å². The number of amides is 1. The maximum Gasteiger partial charge on any atom is 0.269 e. The Labute approximate surface area is 155 Å². The van der Waals surface area contributed by atoms with Crippen molar-refractivity contribution in [3.63, 3.8) is 0 Å². The van der Waals surface area contributed by atoms with Gasteiger partial charge < -0.3 is 5.32 Å². The first-order chi connectivity index (χ1) is 13.2. The van der Waals surface area contributed by atoms with Gasteiger partial charge in [-0.1, -0.05) is 18.2 Å². The minimum Gasteiger partial charge on any atom is -0.349 e. The average Bonchev–Trinajstić information content (AvgIpc) is 3.08. The lowest BCUT2D eigenvalue weighted by Gasteiger charge is -2.17. The van der Waals surface area contributed by atoms with Crippen molar-refractivity contribution in [2.24, 2.45) is 0 Å². The quantitative estimate of drug-likeness (QED) is 0.764. The second-order valence-corrected chi connectivity index (χ2v) is 6.78. The fourth-order valence-corrected chi connectivity index (χ4v) is 3.78. The molecule has 6 heteroatoms. The molecule has 1 aliphatic heterocycles. The lowest BCUT2D eigenvalue weighted by Crippen LogP contribution is -2.36. The normalized spacial score (nSPS) is 15.2. The summed E-state index contributed by atoms with van der Waals surface area (Å²) in [7, 11) is 0. The van der Waals surface area contributed by atoms with Crippen molar-refractivity contribution in [1.29, 1.82) is 0 Å². The lowest BCUT2D eigenvalue weighted by molar-refractivity contribution is 0.0923. The van der Waals surface area contributed by atoms with Crippen molar-refractivity contribution < 1.29 is 9.18 Å². The molecule has 1 aliphatic carbocycles. The molecule has 2 aliphatic rings. The Hall–Kier alpha value is -3.28. The number of rotatable bonds is 2. The molecule has 1 aromatic carbocycles. The number of halogens is 1. The number of carbonyl (C=O) groups excluding carboxylic acids is 1. The van der Waals surface area contributed by atoms with E-state index in [-0.39, 0.29) is 11.7 Å². The number of fused-ring (bicyclic) bond motifs is 5. The Balaban J connectivity index is 1.56. The minimum absolute atomic E-state index is 0.0489. The van der Waals surface area contributed by atoms with Gasteiger partial charge in [0.1, 0.15) is 11.5 Å². The fraction of sp³-hybridized carbons (Fsp3) is 0.190. The van der Waals surface area contributed by atoms with Crippen LogP contribution in [0, 0.1) is 5.82 Å². The second kappa shape index (κ2) is 6.16. The number of hydrogen-bond donors (Lipinski definition) is 1. The number of nitrogens with zero attached hydrogens (tertiary/aromatic N) is 3. The topological polar surface area (TPSA) is 59.8 Å². The molecule has 5 nitrogen and oxygen atoms in total. The molecular weight excluding hydrogens is 343 g/mol. The second-order valence-electron chi connectivity index (χ2n) is 6.78. The van der Waals surface area contributed by atoms with Gasteiger partial charge in [-0.05, 0) is 42.7 Å². The van der Waals surface area contributed by atoms with E-state index in [0.29, 0.717) is 24.3 Å². The molecule has 0 bridgehead atoms. The fourth-order valence-electron chi connectivity index (χ4n) is 3.78. The Bertz CT molecular complexity index is 1100. The number of hydrogen-bond acceptors (Lipinski definition) is 3. The van der Waals surface area contributed by atoms with E-state index in [1.165, 1.54) is 6.07 Å². The van der Waals surface area contributed by atoms with E-state index in [4.69, 9.17) is 5.10 Å². The van der Waals surface area contributed by atoms with Crippen molar-refractivity contribution in [2.45, 2.75) is 19.4 Å². The SMILES string of the molecule is O=C1NCCn2nc3c(c21)CCc1cnc(C=Cc2ccccc2F)cc1-3. The van der Waals surface area contributed by atoms with Crippen LogP contribution in [-0.4, -0.2) is 27.2 Å². The number of carbonyl (C=O) groups is 1. The van der Waals surface area contributed by atoms with Crippen LogP contribution in [0.1, 0.15) is 32.9 Å². The minimum atomic E-state index is -0.262. The third-order valence-electron chi connectivity index (χ3n) is 5.12. The summed E-state index contributed by atoms with van der Waals surface area (Å²) in [5, 5.41) is 7.60. The van der Waals surface area contributed by atoms with E-state index in [1.807, 2.05) is 16.9 Å². The highest BCUT2D eigenvalue weighted by molar-refractivity contribution is 5.97. The van der Waals surface area contributed by atoms with Crippen LogP contribution < -0.4 is 5.32 Å². The van der Waals surface area contributed by atoms with Crippen molar-refractivity contribution in [3.8, 4) is 11.3 Å². The van der Waals surface area contributed by atoms with E-state index in [0.717, 1.165) is 40.9 Å². The van der Waals surface area contributed by atoms with Gasteiger partial charge in [-0.25, -0.2) is 4.39 Å². The first kappa shape index (κ1) is 15.9. The van der Waals surface area contributed by atoms with Gasteiger partial charge in [0.2, 0.25) is 0 Å². The molecule has 0 radical (unpaired) electrons. The maximum absolute atomic E-state index is 13.8. The molecule has 0 saturated carbocycles. The molecule has 2 aromatic heterocycles. The van der Waals surface area contributed by atoms with Crippen LogP contribution in [0.2, 0.25) is 0 Å². The highest BCUT2D eigenvalue weighted by atomic mass is 19.1. The Morgan fingerprint density at radius 2 is 2.07 bits per heavy atom. The standard InChI is InChI=1S/C21H17FN4O/c22-18-4-2-1-3-13(18)5-7-15-11-17-14(12-24-15)6-8-16-19(17)25-26-10-9-23-21(27)20(16)26/h1-5,7,11-12H,6,8-10H2,(H,23,27). The van der Waals surface area contributed by atoms with Crippen molar-refractivity contribution in [2.75, 3.05) is 6.54 Å². The number of benzene rings is 1. The van der Waals surface area contributed by atoms with Gasteiger partial charge in [-0.3, -0.25) is 14.5 Å². The van der Waals surface area contributed by atoms with Gasteiger partial charge in [0.05, 0.1) is 17.9 Å². The van der Waals surface area contributed by atoms with Crippen LogP contribution in [0.15, 0.2) is 36.5 Å². The first-order valence-electron chi connectivity index (χ1n) is 9.00. The van der Waals surface area contributed by atoms with Gasteiger partial charge in [0.25, 0.3) is 5.91 Å². The number of nitrogens with one attached hydrogen (secondary N) is 1. The monoisotopic (exact) mass is 360 g/mol. The largest absolute Gasteiger partial charge is 0.349 e. The van der Waals surface area contributed by atoms with Crippen LogP contribution in [0.3, 0.4) is 0 Å². The molecule has 0 unspecified atom stereocenters. The van der Waals surface area contributed by atoms with E-state index < -0.39 is 0 Å². The predicted molar refractivity (Wildman–Crippen MR) is 101 cm³/mol. The zero-order chi connectivity index (χ0) is 18.4. The molecule has 27 heavy (non-hydrogen) atoms. The molecule has 3 heterocycles. The lowest BCUT2D eigenvalue weighted by atomic mass is 9.89. The van der Waals surface area contributed by atoms with Gasteiger partial charge >= 0.3 is 0 Å². The molecule has 0 saturated heterocycles. The summed E-state index contributed by atoms with van der Waals surface area (Å²) < 4.78 is 15.6. The Morgan fingerprint density at radius 3 is 2.96 bits per heavy atom. The van der Waals surface area contributed by atoms with Crippen LogP contribution in [-0.2, 0) is 19.4 Å². The van der Waals surface area contributed by atoms with Crippen molar-refractivity contribution in [1.82, 2.24) is 20.1 Å². The van der Waals surface area contributed by atoms with Crippen LogP contribution >= 0.6 is 0 Å². The smallest absolute Gasteiger partial charge is 0.269 e. The van der Waals surface area contributed by atoms with E-state index >= 15 is 0 Å². The molecule has 3 aromatic rings. The molecule has 0 atom stereocenters. The summed E-state index contributed by atoms with van der Waals surface area (Å²) in [5.41, 5.74) is 5.95. The summed E-state index contributed by atoms with van der Waals surface area (Å²) >= 11 is 0. The molecular formula is C21H17FN4O. The summed E-state index contributed by atoms with van der Waals surface area (Å²) in [6.07, 6.45) is 7.00. The van der Waals surface area contributed by atoms with Gasteiger partial charge in [-0.2, -0.15) is 5.10 Å². The molecule has 1 N–H and O–H groups in total. The summed E-state index contributed by atoms with van der Waals surface area (Å²) in [6.45, 7) is 1.29. The third kappa shape index (κ3) is 2.65. The molecule has 134 valence electrons. The third-order valence-corrected chi connectivity index (χ3v) is 5.12. The number of pyridine rings is 1. The summed E-state index contributed by atoms with van der Waals surface area (Å²) in [6, 6.07) is 8.61. The van der Waals surface area contributed by atoms with Crippen molar-refractivity contribution >= 4 is 18.1 Å². The summed E-state index contributed by atoms with van der Waals surface area (Å²) in [5.74, 6) is -0.311. The van der Waals surface area contributed by atoms with Gasteiger partial charge in [0, 0.05) is 29.4 Å². The average molecular weight is 360 g/mol. The Morgan fingerprint density at radius 1 is 1.19 bits per heavy atom. The van der Waals surface area contributed by atoms with Crippen molar-refractivity contribution in [3.05, 3.63) is 70.4 Å². The van der Waals surface area contributed by atoms with E-state index in [1.54, 1.807) is 30.4 Å². The zero-order valence-electron chi connectivity index (χ0n) is 14.6. The Kier molecular flexibility index (Phi) is 3.63. The molecule has 0 spiro atoms. The number of aromatic nitrogens is 3. The number of aryl methyl sites for hydroxylation is 1. The first-order valence-corrected chi connectivity index (χ1v) is 9.00. The van der Waals surface area contributed by atoms with Gasteiger partial charge in [0.15, 0.2) is 0 Å². The van der Waals surface area contributed by atoms with Crippen LogP contribution in [0.25, 0.3) is 23.4 Å². The van der Waals surface area contributed by atoms with Crippen LogP contribution in [0.4, 0.5) is 4.39 Å².